The molecule has 27 heavy (non-hydrogen) atoms. The number of thiocarbonyl (C=S) groups is 1. The van der Waals surface area contributed by atoms with Gasteiger partial charge in [0.25, 0.3) is 0 Å². The monoisotopic (exact) mass is 388 g/mol. The maximum atomic E-state index is 12.4. The summed E-state index contributed by atoms with van der Waals surface area (Å²) >= 11 is 5.61. The molecule has 0 radical (unpaired) electrons. The van der Waals surface area contributed by atoms with Gasteiger partial charge in [-0.15, -0.1) is 0 Å². The van der Waals surface area contributed by atoms with Gasteiger partial charge in [-0.05, 0) is 43.1 Å². The maximum Gasteiger partial charge on any atom is 0.238 e. The van der Waals surface area contributed by atoms with Crippen LogP contribution in [0.15, 0.2) is 24.3 Å². The Morgan fingerprint density at radius 3 is 2.52 bits per heavy atom. The minimum atomic E-state index is 0.0623. The van der Waals surface area contributed by atoms with Crippen molar-refractivity contribution in [3.05, 3.63) is 29.8 Å². The fourth-order valence-corrected chi connectivity index (χ4v) is 4.31. The predicted molar refractivity (Wildman–Crippen MR) is 115 cm³/mol. The molecule has 1 aliphatic heterocycles. The van der Waals surface area contributed by atoms with Gasteiger partial charge in [-0.25, -0.2) is 0 Å². The summed E-state index contributed by atoms with van der Waals surface area (Å²) < 4.78 is 0. The molecule has 0 aromatic heterocycles. The van der Waals surface area contributed by atoms with Gasteiger partial charge < -0.3 is 15.5 Å². The molecule has 1 aromatic carbocycles. The number of carbonyl (C=O) groups excluding carboxylic acids is 1. The molecule has 6 heteroatoms. The second-order valence-corrected chi connectivity index (χ2v) is 7.99. The molecule has 0 unspecified atom stereocenters. The highest BCUT2D eigenvalue weighted by Gasteiger charge is 2.22. The summed E-state index contributed by atoms with van der Waals surface area (Å²) in [4.78, 5) is 16.9. The van der Waals surface area contributed by atoms with Crippen LogP contribution in [0.1, 0.15) is 44.6 Å². The van der Waals surface area contributed by atoms with Gasteiger partial charge in [0.15, 0.2) is 5.11 Å². The number of amides is 1. The molecule has 3 rings (SSSR count). The van der Waals surface area contributed by atoms with E-state index in [0.29, 0.717) is 12.6 Å². The molecule has 148 valence electrons. The van der Waals surface area contributed by atoms with Crippen LogP contribution in [0.2, 0.25) is 0 Å². The summed E-state index contributed by atoms with van der Waals surface area (Å²) in [5.74, 6) is 0.0623. The standard InChI is InChI=1S/C21H32N4OS/c1-2-17-8-6-7-11-19(17)23-20(26)16-24-12-14-25(15-13-24)21(27)22-18-9-4-3-5-10-18/h6-8,11,18H,2-5,9-10,12-16H2,1H3,(H,22,27)(H,23,26). The zero-order chi connectivity index (χ0) is 19.1. The topological polar surface area (TPSA) is 47.6 Å². The maximum absolute atomic E-state index is 12.4. The third-order valence-electron chi connectivity index (χ3n) is 5.63. The first-order chi connectivity index (χ1) is 13.2. The fraction of sp³-hybridized carbons (Fsp3) is 0.619. The number of anilines is 1. The normalized spacial score (nSPS) is 18.9. The molecule has 0 bridgehead atoms. The molecular weight excluding hydrogens is 356 g/mol. The van der Waals surface area contributed by atoms with E-state index in [-0.39, 0.29) is 5.91 Å². The third-order valence-corrected chi connectivity index (χ3v) is 6.01. The predicted octanol–water partition coefficient (Wildman–Crippen LogP) is 3.01. The van der Waals surface area contributed by atoms with Gasteiger partial charge >= 0.3 is 0 Å². The molecular formula is C21H32N4OS. The van der Waals surface area contributed by atoms with Crippen molar-refractivity contribution in [2.24, 2.45) is 0 Å². The van der Waals surface area contributed by atoms with Gasteiger partial charge in [-0.2, -0.15) is 0 Å². The van der Waals surface area contributed by atoms with Crippen LogP contribution in [0, 0.1) is 0 Å². The summed E-state index contributed by atoms with van der Waals surface area (Å²) in [6.07, 6.45) is 7.36. The summed E-state index contributed by atoms with van der Waals surface area (Å²) in [6, 6.07) is 8.57. The number of nitrogens with one attached hydrogen (secondary N) is 2. The average molecular weight is 389 g/mol. The Morgan fingerprint density at radius 2 is 1.81 bits per heavy atom. The number of hydrogen-bond donors (Lipinski definition) is 2. The van der Waals surface area contributed by atoms with E-state index in [0.717, 1.165) is 43.4 Å². The molecule has 2 N–H and O–H groups in total. The van der Waals surface area contributed by atoms with Crippen LogP contribution in [0.3, 0.4) is 0 Å². The number of benzene rings is 1. The van der Waals surface area contributed by atoms with Crippen molar-refractivity contribution in [3.8, 4) is 0 Å². The minimum Gasteiger partial charge on any atom is -0.360 e. The van der Waals surface area contributed by atoms with E-state index in [4.69, 9.17) is 12.2 Å². The summed E-state index contributed by atoms with van der Waals surface area (Å²) in [5.41, 5.74) is 2.11. The van der Waals surface area contributed by atoms with E-state index < -0.39 is 0 Å². The molecule has 1 saturated carbocycles. The molecule has 0 spiro atoms. The second-order valence-electron chi connectivity index (χ2n) is 7.61. The first kappa shape index (κ1) is 20.1. The Labute approximate surface area is 168 Å². The third kappa shape index (κ3) is 5.91. The molecule has 1 amide bonds. The van der Waals surface area contributed by atoms with Gasteiger partial charge in [-0.1, -0.05) is 44.4 Å². The van der Waals surface area contributed by atoms with Crippen molar-refractivity contribution in [2.45, 2.75) is 51.5 Å². The lowest BCUT2D eigenvalue weighted by Gasteiger charge is -2.37. The highest BCUT2D eigenvalue weighted by Crippen LogP contribution is 2.18. The molecule has 2 aliphatic rings. The molecule has 1 aromatic rings. The van der Waals surface area contributed by atoms with Crippen molar-refractivity contribution >= 4 is 28.9 Å². The van der Waals surface area contributed by atoms with Crippen molar-refractivity contribution in [1.82, 2.24) is 15.1 Å². The molecule has 2 fully saturated rings. The molecule has 1 heterocycles. The first-order valence-corrected chi connectivity index (χ1v) is 10.7. The summed E-state index contributed by atoms with van der Waals surface area (Å²) in [5, 5.41) is 7.51. The summed E-state index contributed by atoms with van der Waals surface area (Å²) in [6.45, 7) is 6.06. The molecule has 0 atom stereocenters. The summed E-state index contributed by atoms with van der Waals surface area (Å²) in [7, 11) is 0. The number of hydrogen-bond acceptors (Lipinski definition) is 3. The highest BCUT2D eigenvalue weighted by atomic mass is 32.1. The van der Waals surface area contributed by atoms with Crippen molar-refractivity contribution < 1.29 is 4.79 Å². The van der Waals surface area contributed by atoms with Crippen LogP contribution in [0.4, 0.5) is 5.69 Å². The zero-order valence-electron chi connectivity index (χ0n) is 16.4. The smallest absolute Gasteiger partial charge is 0.238 e. The average Bonchev–Trinajstić information content (AvgIpc) is 2.69. The second kappa shape index (κ2) is 10.0. The van der Waals surface area contributed by atoms with E-state index >= 15 is 0 Å². The molecule has 5 nitrogen and oxygen atoms in total. The number of piperazine rings is 1. The van der Waals surface area contributed by atoms with Crippen LogP contribution in [-0.4, -0.2) is 59.6 Å². The number of rotatable bonds is 5. The van der Waals surface area contributed by atoms with Crippen molar-refractivity contribution in [2.75, 3.05) is 38.0 Å². The van der Waals surface area contributed by atoms with E-state index in [1.165, 1.54) is 37.7 Å². The Hall–Kier alpha value is -1.66. The number of aryl methyl sites for hydroxylation is 1. The number of nitrogens with zero attached hydrogens (tertiary/aromatic N) is 2. The Morgan fingerprint density at radius 1 is 1.11 bits per heavy atom. The van der Waals surface area contributed by atoms with Crippen LogP contribution < -0.4 is 10.6 Å². The quantitative estimate of drug-likeness (QED) is 0.760. The van der Waals surface area contributed by atoms with Gasteiger partial charge in [0.05, 0.1) is 6.54 Å². The van der Waals surface area contributed by atoms with E-state index in [1.807, 2.05) is 18.2 Å². The van der Waals surface area contributed by atoms with Crippen LogP contribution in [0.5, 0.6) is 0 Å². The SMILES string of the molecule is CCc1ccccc1NC(=O)CN1CCN(C(=S)NC2CCCCC2)CC1. The van der Waals surface area contributed by atoms with Crippen LogP contribution >= 0.6 is 12.2 Å². The van der Waals surface area contributed by atoms with E-state index in [2.05, 4.69) is 33.4 Å². The number of para-hydroxylation sites is 1. The molecule has 1 saturated heterocycles. The minimum absolute atomic E-state index is 0.0623. The van der Waals surface area contributed by atoms with Crippen LogP contribution in [-0.2, 0) is 11.2 Å². The number of carbonyl (C=O) groups is 1. The Balaban J connectivity index is 1.41. The lowest BCUT2D eigenvalue weighted by molar-refractivity contribution is -0.117. The molecule has 1 aliphatic carbocycles. The lowest BCUT2D eigenvalue weighted by Crippen LogP contribution is -2.54. The van der Waals surface area contributed by atoms with Gasteiger partial charge in [0, 0.05) is 37.9 Å². The first-order valence-electron chi connectivity index (χ1n) is 10.3. The zero-order valence-corrected chi connectivity index (χ0v) is 17.2. The largest absolute Gasteiger partial charge is 0.360 e. The van der Waals surface area contributed by atoms with E-state index in [1.54, 1.807) is 0 Å². The highest BCUT2D eigenvalue weighted by molar-refractivity contribution is 7.80. The van der Waals surface area contributed by atoms with E-state index in [9.17, 15) is 4.79 Å². The Kier molecular flexibility index (Phi) is 7.47. The van der Waals surface area contributed by atoms with Crippen LogP contribution in [0.25, 0.3) is 0 Å². The van der Waals surface area contributed by atoms with Crippen molar-refractivity contribution in [3.63, 3.8) is 0 Å². The fourth-order valence-electron chi connectivity index (χ4n) is 3.97. The van der Waals surface area contributed by atoms with Crippen molar-refractivity contribution in [1.29, 1.82) is 0 Å². The van der Waals surface area contributed by atoms with Gasteiger partial charge in [0.1, 0.15) is 0 Å². The Bertz CT molecular complexity index is 637. The van der Waals surface area contributed by atoms with Gasteiger partial charge in [0.2, 0.25) is 5.91 Å². The lowest BCUT2D eigenvalue weighted by atomic mass is 9.96. The van der Waals surface area contributed by atoms with Gasteiger partial charge in [-0.3, -0.25) is 9.69 Å².